The van der Waals surface area contributed by atoms with Crippen molar-refractivity contribution in [2.75, 3.05) is 0 Å². The molecule has 0 saturated carbocycles. The van der Waals surface area contributed by atoms with E-state index in [4.69, 9.17) is 16.0 Å². The number of fused-ring (bicyclic) bond motifs is 1. The summed E-state index contributed by atoms with van der Waals surface area (Å²) in [5, 5.41) is -0.330. The smallest absolute Gasteiger partial charge is 0.419 e. The standard InChI is InChI=1S/C11H7ClF4O/c1-5(12)7-4-17-10-3-9(13)8(2-6(7)10)11(14,15)16/h2-5H,1H3. The first-order valence-electron chi connectivity index (χ1n) is 4.72. The van der Waals surface area contributed by atoms with Gasteiger partial charge in [-0.15, -0.1) is 11.6 Å². The second kappa shape index (κ2) is 3.91. The highest BCUT2D eigenvalue weighted by Gasteiger charge is 2.35. The average molecular weight is 267 g/mol. The van der Waals surface area contributed by atoms with Crippen molar-refractivity contribution in [3.8, 4) is 0 Å². The van der Waals surface area contributed by atoms with Gasteiger partial charge in [-0.3, -0.25) is 0 Å². The lowest BCUT2D eigenvalue weighted by Crippen LogP contribution is -2.07. The molecule has 0 spiro atoms. The molecular formula is C11H7ClF4O. The van der Waals surface area contributed by atoms with Crippen LogP contribution in [0.15, 0.2) is 22.8 Å². The van der Waals surface area contributed by atoms with Crippen molar-refractivity contribution in [2.24, 2.45) is 0 Å². The Morgan fingerprint density at radius 2 is 1.94 bits per heavy atom. The van der Waals surface area contributed by atoms with E-state index in [2.05, 4.69) is 0 Å². The Morgan fingerprint density at radius 3 is 2.47 bits per heavy atom. The first-order chi connectivity index (χ1) is 7.80. The van der Waals surface area contributed by atoms with Crippen LogP contribution in [0.3, 0.4) is 0 Å². The van der Waals surface area contributed by atoms with Crippen LogP contribution in [0.5, 0.6) is 0 Å². The first kappa shape index (κ1) is 12.2. The van der Waals surface area contributed by atoms with Gasteiger partial charge >= 0.3 is 6.18 Å². The summed E-state index contributed by atoms with van der Waals surface area (Å²) in [6, 6.07) is 1.45. The lowest BCUT2D eigenvalue weighted by Gasteiger charge is -2.08. The number of halogens is 5. The van der Waals surface area contributed by atoms with E-state index in [-0.39, 0.29) is 11.0 Å². The van der Waals surface area contributed by atoms with E-state index in [1.807, 2.05) is 0 Å². The van der Waals surface area contributed by atoms with Gasteiger partial charge in [-0.2, -0.15) is 13.2 Å². The number of alkyl halides is 4. The molecule has 17 heavy (non-hydrogen) atoms. The Labute approximate surface area is 99.0 Å². The minimum atomic E-state index is -4.73. The molecule has 1 atom stereocenters. The first-order valence-corrected chi connectivity index (χ1v) is 5.16. The van der Waals surface area contributed by atoms with E-state index < -0.39 is 22.9 Å². The summed E-state index contributed by atoms with van der Waals surface area (Å²) in [7, 11) is 0. The zero-order chi connectivity index (χ0) is 12.8. The van der Waals surface area contributed by atoms with Crippen molar-refractivity contribution in [3.63, 3.8) is 0 Å². The minimum Gasteiger partial charge on any atom is -0.464 e. The molecule has 0 fully saturated rings. The van der Waals surface area contributed by atoms with Gasteiger partial charge in [-0.25, -0.2) is 4.39 Å². The minimum absolute atomic E-state index is 0.0537. The van der Waals surface area contributed by atoms with Crippen molar-refractivity contribution >= 4 is 22.6 Å². The van der Waals surface area contributed by atoms with Crippen LogP contribution in [-0.2, 0) is 6.18 Å². The highest BCUT2D eigenvalue weighted by atomic mass is 35.5. The topological polar surface area (TPSA) is 13.1 Å². The highest BCUT2D eigenvalue weighted by Crippen LogP contribution is 2.37. The molecule has 1 aromatic carbocycles. The van der Waals surface area contributed by atoms with E-state index >= 15 is 0 Å². The van der Waals surface area contributed by atoms with Crippen molar-refractivity contribution < 1.29 is 22.0 Å². The second-order valence-electron chi connectivity index (χ2n) is 3.63. The van der Waals surface area contributed by atoms with E-state index in [1.165, 1.54) is 6.26 Å². The largest absolute Gasteiger partial charge is 0.464 e. The molecule has 2 aromatic rings. The maximum absolute atomic E-state index is 13.2. The van der Waals surface area contributed by atoms with E-state index in [0.717, 1.165) is 12.1 Å². The fourth-order valence-corrected chi connectivity index (χ4v) is 1.76. The quantitative estimate of drug-likeness (QED) is 0.529. The molecule has 0 aliphatic carbocycles. The third-order valence-electron chi connectivity index (χ3n) is 2.43. The highest BCUT2D eigenvalue weighted by molar-refractivity contribution is 6.21. The van der Waals surface area contributed by atoms with Gasteiger partial charge in [0.1, 0.15) is 11.4 Å². The fraction of sp³-hybridized carbons (Fsp3) is 0.273. The molecule has 92 valence electrons. The number of furan rings is 1. The van der Waals surface area contributed by atoms with Gasteiger partial charge in [-0.1, -0.05) is 0 Å². The summed E-state index contributed by atoms with van der Waals surface area (Å²) in [5.41, 5.74) is -0.852. The summed E-state index contributed by atoms with van der Waals surface area (Å²) in [6.45, 7) is 1.60. The number of benzene rings is 1. The average Bonchev–Trinajstić information content (AvgIpc) is 2.57. The summed E-state index contributed by atoms with van der Waals surface area (Å²) in [6.07, 6.45) is -3.50. The normalized spacial score (nSPS) is 14.2. The van der Waals surface area contributed by atoms with Crippen LogP contribution >= 0.6 is 11.6 Å². The van der Waals surface area contributed by atoms with Gasteiger partial charge in [0.2, 0.25) is 0 Å². The number of hydrogen-bond acceptors (Lipinski definition) is 1. The SMILES string of the molecule is CC(Cl)c1coc2cc(F)c(C(F)(F)F)cc12. The van der Waals surface area contributed by atoms with Crippen LogP contribution in [-0.4, -0.2) is 0 Å². The molecule has 0 N–H and O–H groups in total. The summed E-state index contributed by atoms with van der Waals surface area (Å²) in [4.78, 5) is 0. The molecule has 0 aliphatic rings. The second-order valence-corrected chi connectivity index (χ2v) is 4.29. The van der Waals surface area contributed by atoms with Crippen LogP contribution in [0.2, 0.25) is 0 Å². The summed E-state index contributed by atoms with van der Waals surface area (Å²) < 4.78 is 55.7. The molecule has 1 heterocycles. The molecule has 0 radical (unpaired) electrons. The Balaban J connectivity index is 2.72. The predicted molar refractivity (Wildman–Crippen MR) is 55.4 cm³/mol. The Kier molecular flexibility index (Phi) is 2.81. The van der Waals surface area contributed by atoms with Gasteiger partial charge in [0.25, 0.3) is 0 Å². The molecular weight excluding hydrogens is 260 g/mol. The Morgan fingerprint density at radius 1 is 1.29 bits per heavy atom. The van der Waals surface area contributed by atoms with Crippen molar-refractivity contribution in [2.45, 2.75) is 18.5 Å². The molecule has 0 saturated heterocycles. The molecule has 0 amide bonds. The third kappa shape index (κ3) is 2.11. The summed E-state index contributed by atoms with van der Waals surface area (Å²) in [5.74, 6) is -1.35. The van der Waals surface area contributed by atoms with Crippen molar-refractivity contribution in [1.29, 1.82) is 0 Å². The molecule has 0 aliphatic heterocycles. The third-order valence-corrected chi connectivity index (χ3v) is 2.66. The Hall–Kier alpha value is -1.23. The molecule has 0 bridgehead atoms. The lowest BCUT2D eigenvalue weighted by atomic mass is 10.1. The Bertz CT molecular complexity index is 556. The molecule has 1 nitrogen and oxygen atoms in total. The van der Waals surface area contributed by atoms with E-state index in [9.17, 15) is 17.6 Å². The van der Waals surface area contributed by atoms with Gasteiger partial charge in [0, 0.05) is 17.0 Å². The monoisotopic (exact) mass is 266 g/mol. The summed E-state index contributed by atoms with van der Waals surface area (Å²) >= 11 is 5.79. The maximum Gasteiger partial charge on any atom is 0.419 e. The van der Waals surface area contributed by atoms with E-state index in [0.29, 0.717) is 5.56 Å². The van der Waals surface area contributed by atoms with Gasteiger partial charge < -0.3 is 4.42 Å². The van der Waals surface area contributed by atoms with Crippen molar-refractivity contribution in [1.82, 2.24) is 0 Å². The van der Waals surface area contributed by atoms with Crippen LogP contribution in [0.25, 0.3) is 11.0 Å². The number of hydrogen-bond donors (Lipinski definition) is 0. The van der Waals surface area contributed by atoms with Gasteiger partial charge in [0.15, 0.2) is 0 Å². The van der Waals surface area contributed by atoms with Gasteiger partial charge in [0.05, 0.1) is 17.2 Å². The van der Waals surface area contributed by atoms with Crippen molar-refractivity contribution in [3.05, 3.63) is 35.3 Å². The van der Waals surface area contributed by atoms with Gasteiger partial charge in [-0.05, 0) is 13.0 Å². The van der Waals surface area contributed by atoms with Crippen LogP contribution in [0.1, 0.15) is 23.4 Å². The van der Waals surface area contributed by atoms with Crippen LogP contribution in [0.4, 0.5) is 17.6 Å². The zero-order valence-electron chi connectivity index (χ0n) is 8.61. The predicted octanol–water partition coefficient (Wildman–Crippen LogP) is 4.89. The van der Waals surface area contributed by atoms with E-state index in [1.54, 1.807) is 6.92 Å². The number of rotatable bonds is 1. The molecule has 1 aromatic heterocycles. The fourth-order valence-electron chi connectivity index (χ4n) is 1.59. The van der Waals surface area contributed by atoms with Crippen LogP contribution < -0.4 is 0 Å². The zero-order valence-corrected chi connectivity index (χ0v) is 9.36. The lowest BCUT2D eigenvalue weighted by molar-refractivity contribution is -0.139. The molecule has 1 unspecified atom stereocenters. The maximum atomic E-state index is 13.2. The molecule has 2 rings (SSSR count). The van der Waals surface area contributed by atoms with Crippen LogP contribution in [0, 0.1) is 5.82 Å². The molecule has 6 heteroatoms.